The maximum atomic E-state index is 12.0. The second kappa shape index (κ2) is 7.79. The normalized spacial score (nSPS) is 14.0. The summed E-state index contributed by atoms with van der Waals surface area (Å²) in [4.78, 5) is 30.5. The molecule has 0 saturated carbocycles. The third-order valence-electron chi connectivity index (χ3n) is 4.18. The molecule has 2 amide bonds. The van der Waals surface area contributed by atoms with E-state index >= 15 is 0 Å². The maximum absolute atomic E-state index is 12.0. The van der Waals surface area contributed by atoms with Gasteiger partial charge in [-0.25, -0.2) is 4.98 Å². The van der Waals surface area contributed by atoms with Crippen LogP contribution in [-0.2, 0) is 9.59 Å². The standard InChI is InChI=1S/C19H22N4O2/c1-14-6-5-7-17(20-14)22-19(25)18(24)21-15-8-10-16(11-9-15)23-12-3-2-4-13-23/h5-11H,2-4,12-13H2,1H3,(H,21,24)(H,20,22,25). The average molecular weight is 338 g/mol. The van der Waals surface area contributed by atoms with Crippen LogP contribution in [0.5, 0.6) is 0 Å². The number of nitrogens with zero attached hydrogens (tertiary/aromatic N) is 2. The first kappa shape index (κ1) is 17.0. The van der Waals surface area contributed by atoms with Crippen molar-refractivity contribution in [1.29, 1.82) is 0 Å². The van der Waals surface area contributed by atoms with Gasteiger partial charge >= 0.3 is 11.8 Å². The number of carbonyl (C=O) groups excluding carboxylic acids is 2. The fourth-order valence-electron chi connectivity index (χ4n) is 2.88. The fraction of sp³-hybridized carbons (Fsp3) is 0.316. The Kier molecular flexibility index (Phi) is 5.28. The minimum absolute atomic E-state index is 0.362. The molecule has 0 atom stereocenters. The molecule has 0 unspecified atom stereocenters. The van der Waals surface area contributed by atoms with E-state index in [2.05, 4.69) is 20.5 Å². The number of aromatic nitrogens is 1. The zero-order valence-electron chi connectivity index (χ0n) is 14.3. The van der Waals surface area contributed by atoms with Gasteiger partial charge < -0.3 is 15.5 Å². The van der Waals surface area contributed by atoms with Gasteiger partial charge in [0.2, 0.25) is 0 Å². The monoisotopic (exact) mass is 338 g/mol. The van der Waals surface area contributed by atoms with E-state index in [9.17, 15) is 9.59 Å². The summed E-state index contributed by atoms with van der Waals surface area (Å²) in [7, 11) is 0. The minimum atomic E-state index is -0.738. The number of amides is 2. The van der Waals surface area contributed by atoms with E-state index in [-0.39, 0.29) is 0 Å². The fourth-order valence-corrected chi connectivity index (χ4v) is 2.88. The molecule has 0 aliphatic carbocycles. The van der Waals surface area contributed by atoms with Crippen LogP contribution >= 0.6 is 0 Å². The molecule has 130 valence electrons. The first-order chi connectivity index (χ1) is 12.1. The van der Waals surface area contributed by atoms with Gasteiger partial charge in [-0.05, 0) is 62.6 Å². The lowest BCUT2D eigenvalue weighted by atomic mass is 10.1. The number of hydrogen-bond donors (Lipinski definition) is 2. The van der Waals surface area contributed by atoms with Crippen LogP contribution in [0.4, 0.5) is 17.2 Å². The molecule has 1 saturated heterocycles. The Morgan fingerprint density at radius 2 is 1.60 bits per heavy atom. The first-order valence-corrected chi connectivity index (χ1v) is 8.53. The van der Waals surface area contributed by atoms with E-state index in [1.165, 1.54) is 19.3 Å². The van der Waals surface area contributed by atoms with E-state index in [1.807, 2.05) is 37.3 Å². The minimum Gasteiger partial charge on any atom is -0.372 e. The number of benzene rings is 1. The van der Waals surface area contributed by atoms with Gasteiger partial charge in [-0.15, -0.1) is 0 Å². The van der Waals surface area contributed by atoms with Gasteiger partial charge in [0, 0.05) is 30.2 Å². The van der Waals surface area contributed by atoms with E-state index in [0.717, 1.165) is 24.5 Å². The van der Waals surface area contributed by atoms with E-state index in [1.54, 1.807) is 12.1 Å². The number of pyridine rings is 1. The van der Waals surface area contributed by atoms with Crippen LogP contribution in [-0.4, -0.2) is 29.9 Å². The number of piperidine rings is 1. The topological polar surface area (TPSA) is 74.3 Å². The average Bonchev–Trinajstić information content (AvgIpc) is 2.63. The highest BCUT2D eigenvalue weighted by Crippen LogP contribution is 2.21. The van der Waals surface area contributed by atoms with Gasteiger partial charge in [0.05, 0.1) is 0 Å². The number of hydrogen-bond acceptors (Lipinski definition) is 4. The summed E-state index contributed by atoms with van der Waals surface area (Å²) in [6.07, 6.45) is 3.72. The van der Waals surface area contributed by atoms with Crippen molar-refractivity contribution < 1.29 is 9.59 Å². The van der Waals surface area contributed by atoms with E-state index in [0.29, 0.717) is 11.5 Å². The smallest absolute Gasteiger partial charge is 0.315 e. The van der Waals surface area contributed by atoms with Crippen LogP contribution < -0.4 is 15.5 Å². The van der Waals surface area contributed by atoms with Crippen molar-refractivity contribution in [2.24, 2.45) is 0 Å². The molecule has 2 aromatic rings. The number of rotatable bonds is 3. The van der Waals surface area contributed by atoms with Crippen molar-refractivity contribution >= 4 is 29.0 Å². The molecule has 6 heteroatoms. The summed E-state index contributed by atoms with van der Waals surface area (Å²) in [6, 6.07) is 12.8. The van der Waals surface area contributed by atoms with Crippen LogP contribution in [0.3, 0.4) is 0 Å². The molecule has 25 heavy (non-hydrogen) atoms. The predicted molar refractivity (Wildman–Crippen MR) is 98.7 cm³/mol. The Labute approximate surface area is 147 Å². The summed E-state index contributed by atoms with van der Waals surface area (Å²) < 4.78 is 0. The highest BCUT2D eigenvalue weighted by Gasteiger charge is 2.15. The van der Waals surface area contributed by atoms with Crippen molar-refractivity contribution in [3.8, 4) is 0 Å². The van der Waals surface area contributed by atoms with Gasteiger partial charge in [0.25, 0.3) is 0 Å². The maximum Gasteiger partial charge on any atom is 0.315 e. The third kappa shape index (κ3) is 4.56. The second-order valence-corrected chi connectivity index (χ2v) is 6.17. The Morgan fingerprint density at radius 3 is 2.28 bits per heavy atom. The Bertz CT molecular complexity index is 752. The summed E-state index contributed by atoms with van der Waals surface area (Å²) in [5.74, 6) is -1.09. The summed E-state index contributed by atoms with van der Waals surface area (Å²) in [5.41, 5.74) is 2.51. The molecule has 0 radical (unpaired) electrons. The third-order valence-corrected chi connectivity index (χ3v) is 4.18. The molecule has 1 aromatic heterocycles. The lowest BCUT2D eigenvalue weighted by molar-refractivity contribution is -0.133. The highest BCUT2D eigenvalue weighted by atomic mass is 16.2. The largest absolute Gasteiger partial charge is 0.372 e. The number of carbonyl (C=O) groups is 2. The van der Waals surface area contributed by atoms with Gasteiger partial charge in [-0.1, -0.05) is 6.07 Å². The van der Waals surface area contributed by atoms with Gasteiger partial charge in [-0.3, -0.25) is 9.59 Å². The Morgan fingerprint density at radius 1 is 0.920 bits per heavy atom. The molecular formula is C19H22N4O2. The summed E-state index contributed by atoms with van der Waals surface area (Å²) >= 11 is 0. The van der Waals surface area contributed by atoms with Crippen LogP contribution in [0.25, 0.3) is 0 Å². The van der Waals surface area contributed by atoms with Crippen LogP contribution in [0, 0.1) is 6.92 Å². The zero-order chi connectivity index (χ0) is 17.6. The van der Waals surface area contributed by atoms with Crippen LogP contribution in [0.2, 0.25) is 0 Å². The molecule has 1 aromatic carbocycles. The van der Waals surface area contributed by atoms with Crippen LogP contribution in [0.15, 0.2) is 42.5 Å². The lowest BCUT2D eigenvalue weighted by Crippen LogP contribution is -2.30. The molecule has 3 rings (SSSR count). The molecule has 2 heterocycles. The summed E-state index contributed by atoms with van der Waals surface area (Å²) in [5, 5.41) is 5.10. The highest BCUT2D eigenvalue weighted by molar-refractivity contribution is 6.43. The van der Waals surface area contributed by atoms with Crippen molar-refractivity contribution in [2.45, 2.75) is 26.2 Å². The van der Waals surface area contributed by atoms with Gasteiger partial charge in [0.15, 0.2) is 0 Å². The van der Waals surface area contributed by atoms with Crippen molar-refractivity contribution in [3.05, 3.63) is 48.2 Å². The number of nitrogens with one attached hydrogen (secondary N) is 2. The van der Waals surface area contributed by atoms with Gasteiger partial charge in [0.1, 0.15) is 5.82 Å². The lowest BCUT2D eigenvalue weighted by Gasteiger charge is -2.28. The van der Waals surface area contributed by atoms with E-state index in [4.69, 9.17) is 0 Å². The zero-order valence-corrected chi connectivity index (χ0v) is 14.3. The van der Waals surface area contributed by atoms with Crippen molar-refractivity contribution in [2.75, 3.05) is 28.6 Å². The van der Waals surface area contributed by atoms with Crippen molar-refractivity contribution in [1.82, 2.24) is 4.98 Å². The van der Waals surface area contributed by atoms with Gasteiger partial charge in [-0.2, -0.15) is 0 Å². The van der Waals surface area contributed by atoms with Crippen molar-refractivity contribution in [3.63, 3.8) is 0 Å². The molecule has 1 aliphatic heterocycles. The van der Waals surface area contributed by atoms with Crippen LogP contribution in [0.1, 0.15) is 25.0 Å². The molecule has 0 bridgehead atoms. The van der Waals surface area contributed by atoms with E-state index < -0.39 is 11.8 Å². The predicted octanol–water partition coefficient (Wildman–Crippen LogP) is 2.96. The molecule has 0 spiro atoms. The quantitative estimate of drug-likeness (QED) is 0.844. The number of aryl methyl sites for hydroxylation is 1. The molecule has 6 nitrogen and oxygen atoms in total. The molecule has 1 aliphatic rings. The first-order valence-electron chi connectivity index (χ1n) is 8.53. The molecule has 2 N–H and O–H groups in total. The second-order valence-electron chi connectivity index (χ2n) is 6.17. The summed E-state index contributed by atoms with van der Waals surface area (Å²) in [6.45, 7) is 3.95. The SMILES string of the molecule is Cc1cccc(NC(=O)C(=O)Nc2ccc(N3CCCCC3)cc2)n1. The Balaban J connectivity index is 1.57. The molecule has 1 fully saturated rings. The molecular weight excluding hydrogens is 316 g/mol. The number of anilines is 3. The Hall–Kier alpha value is -2.89.